The largest absolute Gasteiger partial charge is 0.356 e. The summed E-state index contributed by atoms with van der Waals surface area (Å²) in [5.74, 6) is 0.258. The van der Waals surface area contributed by atoms with E-state index >= 15 is 0 Å². The fraction of sp³-hybridized carbons (Fsp3) is 0.500. The van der Waals surface area contributed by atoms with E-state index in [0.717, 1.165) is 35.5 Å². The monoisotopic (exact) mass is 438 g/mol. The molecular formula is C20H27ClN4O3S. The topological polar surface area (TPSA) is 84.3 Å². The van der Waals surface area contributed by atoms with Gasteiger partial charge in [0.05, 0.1) is 24.1 Å². The lowest BCUT2D eigenvalue weighted by atomic mass is 9.98. The highest BCUT2D eigenvalue weighted by atomic mass is 35.5. The van der Waals surface area contributed by atoms with Gasteiger partial charge < -0.3 is 5.32 Å². The highest BCUT2D eigenvalue weighted by molar-refractivity contribution is 7.88. The molecular weight excluding hydrogens is 412 g/mol. The fourth-order valence-corrected chi connectivity index (χ4v) is 4.69. The van der Waals surface area contributed by atoms with Gasteiger partial charge in [-0.1, -0.05) is 11.6 Å². The predicted octanol–water partition coefficient (Wildman–Crippen LogP) is 2.47. The summed E-state index contributed by atoms with van der Waals surface area (Å²) in [5, 5.41) is 8.24. The van der Waals surface area contributed by atoms with Crippen LogP contribution in [0.2, 0.25) is 5.02 Å². The zero-order chi connectivity index (χ0) is 21.2. The zero-order valence-corrected chi connectivity index (χ0v) is 18.6. The first-order chi connectivity index (χ1) is 13.6. The van der Waals surface area contributed by atoms with Crippen LogP contribution in [0, 0.1) is 19.8 Å². The molecule has 1 saturated heterocycles. The Morgan fingerprint density at radius 3 is 2.41 bits per heavy atom. The first kappa shape index (κ1) is 21.8. The molecule has 1 aliphatic rings. The summed E-state index contributed by atoms with van der Waals surface area (Å²) < 4.78 is 26.5. The third-order valence-corrected chi connectivity index (χ3v) is 7.04. The van der Waals surface area contributed by atoms with Crippen molar-refractivity contribution in [3.8, 4) is 5.69 Å². The third-order valence-electron chi connectivity index (χ3n) is 5.48. The molecule has 158 valence electrons. The van der Waals surface area contributed by atoms with Crippen molar-refractivity contribution in [3.05, 3.63) is 46.2 Å². The molecule has 2 heterocycles. The maximum atomic E-state index is 12.5. The number of carbonyl (C=O) groups is 1. The van der Waals surface area contributed by atoms with Gasteiger partial charge in [-0.15, -0.1) is 0 Å². The quantitative estimate of drug-likeness (QED) is 0.750. The van der Waals surface area contributed by atoms with Crippen LogP contribution in [-0.2, 0) is 21.2 Å². The number of carbonyl (C=O) groups excluding carboxylic acids is 1. The van der Waals surface area contributed by atoms with Gasteiger partial charge in [0, 0.05) is 35.9 Å². The molecule has 0 bridgehead atoms. The molecule has 1 aliphatic heterocycles. The Bertz CT molecular complexity index is 978. The molecule has 3 rings (SSSR count). The van der Waals surface area contributed by atoms with Crippen LogP contribution in [0.25, 0.3) is 5.69 Å². The number of benzene rings is 1. The van der Waals surface area contributed by atoms with Gasteiger partial charge in [0.1, 0.15) is 0 Å². The van der Waals surface area contributed by atoms with Crippen molar-refractivity contribution < 1.29 is 13.2 Å². The van der Waals surface area contributed by atoms with Crippen LogP contribution in [0.5, 0.6) is 0 Å². The molecule has 0 unspecified atom stereocenters. The van der Waals surface area contributed by atoms with Gasteiger partial charge in [0.25, 0.3) is 0 Å². The van der Waals surface area contributed by atoms with Crippen molar-refractivity contribution in [1.82, 2.24) is 19.4 Å². The smallest absolute Gasteiger partial charge is 0.224 e. The number of piperidine rings is 1. The SMILES string of the molecule is Cc1nn(-c2ccc(Cl)cc2)c(C)c1CC(=O)NCC1CCN(S(C)(=O)=O)CC1. The van der Waals surface area contributed by atoms with E-state index in [1.54, 1.807) is 0 Å². The standard InChI is InChI=1S/C20H27ClN4O3S/c1-14-19(15(2)25(23-14)18-6-4-17(21)5-7-18)12-20(26)22-13-16-8-10-24(11-9-16)29(3,27)28/h4-7,16H,8-13H2,1-3H3,(H,22,26). The van der Waals surface area contributed by atoms with E-state index in [1.165, 1.54) is 10.6 Å². The van der Waals surface area contributed by atoms with Crippen LogP contribution < -0.4 is 5.32 Å². The average molecular weight is 439 g/mol. The lowest BCUT2D eigenvalue weighted by Gasteiger charge is -2.30. The van der Waals surface area contributed by atoms with Gasteiger partial charge in [-0.25, -0.2) is 17.4 Å². The first-order valence-electron chi connectivity index (χ1n) is 9.68. The van der Waals surface area contributed by atoms with Crippen LogP contribution >= 0.6 is 11.6 Å². The molecule has 7 nitrogen and oxygen atoms in total. The van der Waals surface area contributed by atoms with E-state index in [1.807, 2.05) is 42.8 Å². The van der Waals surface area contributed by atoms with Crippen LogP contribution in [0.1, 0.15) is 29.8 Å². The Morgan fingerprint density at radius 1 is 1.21 bits per heavy atom. The summed E-state index contributed by atoms with van der Waals surface area (Å²) in [4.78, 5) is 12.5. The maximum Gasteiger partial charge on any atom is 0.224 e. The molecule has 1 N–H and O–H groups in total. The Hall–Kier alpha value is -1.90. The summed E-state index contributed by atoms with van der Waals surface area (Å²) in [7, 11) is -3.12. The van der Waals surface area contributed by atoms with E-state index in [2.05, 4.69) is 10.4 Å². The van der Waals surface area contributed by atoms with Crippen molar-refractivity contribution in [3.63, 3.8) is 0 Å². The zero-order valence-electron chi connectivity index (χ0n) is 17.0. The average Bonchev–Trinajstić information content (AvgIpc) is 2.95. The van der Waals surface area contributed by atoms with Crippen LogP contribution in [0.4, 0.5) is 0 Å². The molecule has 2 aromatic rings. The molecule has 1 aromatic heterocycles. The number of halogens is 1. The summed E-state index contributed by atoms with van der Waals surface area (Å²) in [6.45, 7) is 5.47. The molecule has 0 atom stereocenters. The summed E-state index contributed by atoms with van der Waals surface area (Å²) in [6, 6.07) is 7.42. The predicted molar refractivity (Wildman–Crippen MR) is 114 cm³/mol. The van der Waals surface area contributed by atoms with Gasteiger partial charge in [0.15, 0.2) is 0 Å². The highest BCUT2D eigenvalue weighted by Crippen LogP contribution is 2.21. The van der Waals surface area contributed by atoms with Crippen LogP contribution in [0.3, 0.4) is 0 Å². The molecule has 1 amide bonds. The Morgan fingerprint density at radius 2 is 1.83 bits per heavy atom. The van der Waals surface area contributed by atoms with E-state index in [0.29, 0.717) is 30.6 Å². The second kappa shape index (κ2) is 8.85. The number of aryl methyl sites for hydroxylation is 1. The minimum atomic E-state index is -3.12. The van der Waals surface area contributed by atoms with Crippen molar-refractivity contribution in [2.45, 2.75) is 33.1 Å². The van der Waals surface area contributed by atoms with Crippen molar-refractivity contribution in [2.24, 2.45) is 5.92 Å². The Labute approximate surface area is 177 Å². The maximum absolute atomic E-state index is 12.5. The van der Waals surface area contributed by atoms with E-state index < -0.39 is 10.0 Å². The van der Waals surface area contributed by atoms with Crippen molar-refractivity contribution in [2.75, 3.05) is 25.9 Å². The molecule has 0 spiro atoms. The van der Waals surface area contributed by atoms with Crippen LogP contribution in [-0.4, -0.2) is 54.3 Å². The highest BCUT2D eigenvalue weighted by Gasteiger charge is 2.25. The van der Waals surface area contributed by atoms with Gasteiger partial charge in [-0.05, 0) is 56.9 Å². The number of hydrogen-bond acceptors (Lipinski definition) is 4. The number of hydrogen-bond donors (Lipinski definition) is 1. The minimum absolute atomic E-state index is 0.0441. The van der Waals surface area contributed by atoms with Crippen molar-refractivity contribution in [1.29, 1.82) is 0 Å². The fourth-order valence-electron chi connectivity index (χ4n) is 3.69. The molecule has 0 saturated carbocycles. The lowest BCUT2D eigenvalue weighted by Crippen LogP contribution is -2.41. The molecule has 29 heavy (non-hydrogen) atoms. The normalized spacial score (nSPS) is 16.1. The molecule has 1 aromatic carbocycles. The molecule has 1 fully saturated rings. The number of nitrogens with zero attached hydrogens (tertiary/aromatic N) is 3. The lowest BCUT2D eigenvalue weighted by molar-refractivity contribution is -0.120. The molecule has 0 radical (unpaired) electrons. The van der Waals surface area contributed by atoms with Crippen molar-refractivity contribution >= 4 is 27.5 Å². The van der Waals surface area contributed by atoms with E-state index in [4.69, 9.17) is 11.6 Å². The van der Waals surface area contributed by atoms with Gasteiger partial charge in [-0.2, -0.15) is 5.10 Å². The van der Waals surface area contributed by atoms with Gasteiger partial charge >= 0.3 is 0 Å². The second-order valence-corrected chi connectivity index (χ2v) is 10.0. The summed E-state index contributed by atoms with van der Waals surface area (Å²) >= 11 is 5.96. The minimum Gasteiger partial charge on any atom is -0.356 e. The number of rotatable bonds is 6. The van der Waals surface area contributed by atoms with E-state index in [9.17, 15) is 13.2 Å². The molecule has 9 heteroatoms. The Kier molecular flexibility index (Phi) is 6.65. The van der Waals surface area contributed by atoms with Gasteiger partial charge in [0.2, 0.25) is 15.9 Å². The van der Waals surface area contributed by atoms with Gasteiger partial charge in [-0.3, -0.25) is 4.79 Å². The second-order valence-electron chi connectivity index (χ2n) is 7.62. The Balaban J connectivity index is 1.57. The first-order valence-corrected chi connectivity index (χ1v) is 11.9. The molecule has 0 aliphatic carbocycles. The summed E-state index contributed by atoms with van der Waals surface area (Å²) in [6.07, 6.45) is 3.04. The summed E-state index contributed by atoms with van der Waals surface area (Å²) in [5.41, 5.74) is 3.58. The number of nitrogens with one attached hydrogen (secondary N) is 1. The van der Waals surface area contributed by atoms with E-state index in [-0.39, 0.29) is 12.3 Å². The number of aromatic nitrogens is 2. The number of amides is 1. The number of sulfonamides is 1. The third kappa shape index (κ3) is 5.38. The van der Waals surface area contributed by atoms with Crippen LogP contribution in [0.15, 0.2) is 24.3 Å².